The molecule has 0 saturated heterocycles. The van der Waals surface area contributed by atoms with Crippen molar-refractivity contribution in [3.8, 4) is 0 Å². The minimum absolute atomic E-state index is 0.115. The van der Waals surface area contributed by atoms with E-state index in [-0.39, 0.29) is 10.5 Å². The topological polar surface area (TPSA) is 101 Å². The highest BCUT2D eigenvalue weighted by atomic mass is 32.2. The monoisotopic (exact) mass is 271 g/mol. The molecule has 0 radical (unpaired) electrons. The van der Waals surface area contributed by atoms with Gasteiger partial charge in [0.1, 0.15) is 0 Å². The van der Waals surface area contributed by atoms with Gasteiger partial charge in [-0.15, -0.1) is 0 Å². The highest BCUT2D eigenvalue weighted by molar-refractivity contribution is 7.89. The van der Waals surface area contributed by atoms with E-state index in [2.05, 4.69) is 10.0 Å². The maximum Gasteiger partial charge on any atom is 0.248 e. The van der Waals surface area contributed by atoms with Crippen LogP contribution in [0.2, 0.25) is 0 Å². The van der Waals surface area contributed by atoms with Crippen LogP contribution in [-0.4, -0.2) is 34.0 Å². The molecule has 0 fully saturated rings. The SMILES string of the molecule is CCNCCNS(=O)(=O)c1ccc(C(N)=O)cc1. The zero-order valence-corrected chi connectivity index (χ0v) is 11.0. The Bertz CT molecular complexity index is 497. The summed E-state index contributed by atoms with van der Waals surface area (Å²) in [6.07, 6.45) is 0. The van der Waals surface area contributed by atoms with Gasteiger partial charge in [0, 0.05) is 18.7 Å². The van der Waals surface area contributed by atoms with E-state index in [4.69, 9.17) is 5.73 Å². The van der Waals surface area contributed by atoms with Crippen LogP contribution in [-0.2, 0) is 10.0 Å². The number of nitrogens with one attached hydrogen (secondary N) is 2. The van der Waals surface area contributed by atoms with Crippen molar-refractivity contribution in [1.82, 2.24) is 10.0 Å². The Balaban J connectivity index is 2.70. The lowest BCUT2D eigenvalue weighted by Gasteiger charge is -2.07. The fraction of sp³-hybridized carbons (Fsp3) is 0.364. The van der Waals surface area contributed by atoms with Gasteiger partial charge in [0.15, 0.2) is 0 Å². The van der Waals surface area contributed by atoms with Crippen molar-refractivity contribution in [3.05, 3.63) is 29.8 Å². The number of benzene rings is 1. The first kappa shape index (κ1) is 14.6. The third kappa shape index (κ3) is 4.10. The van der Waals surface area contributed by atoms with Gasteiger partial charge in [0.2, 0.25) is 15.9 Å². The van der Waals surface area contributed by atoms with Gasteiger partial charge in [-0.2, -0.15) is 0 Å². The molecule has 0 bridgehead atoms. The van der Waals surface area contributed by atoms with Gasteiger partial charge in [-0.3, -0.25) is 4.79 Å². The van der Waals surface area contributed by atoms with E-state index in [0.29, 0.717) is 13.1 Å². The molecule has 0 aliphatic carbocycles. The predicted molar refractivity (Wildman–Crippen MR) is 68.7 cm³/mol. The zero-order valence-electron chi connectivity index (χ0n) is 10.1. The second-order valence-electron chi connectivity index (χ2n) is 3.64. The van der Waals surface area contributed by atoms with Gasteiger partial charge in [-0.05, 0) is 30.8 Å². The number of hydrogen-bond donors (Lipinski definition) is 3. The molecule has 1 amide bonds. The van der Waals surface area contributed by atoms with Gasteiger partial charge in [-0.25, -0.2) is 13.1 Å². The van der Waals surface area contributed by atoms with E-state index in [1.54, 1.807) is 0 Å². The first-order valence-corrected chi connectivity index (χ1v) is 7.06. The van der Waals surface area contributed by atoms with Crippen LogP contribution in [0.4, 0.5) is 0 Å². The number of sulfonamides is 1. The summed E-state index contributed by atoms with van der Waals surface area (Å²) in [6, 6.07) is 5.49. The van der Waals surface area contributed by atoms with Crippen LogP contribution in [0, 0.1) is 0 Å². The van der Waals surface area contributed by atoms with Crippen LogP contribution in [0.3, 0.4) is 0 Å². The second-order valence-corrected chi connectivity index (χ2v) is 5.41. The van der Waals surface area contributed by atoms with Crippen molar-refractivity contribution < 1.29 is 13.2 Å². The lowest BCUT2D eigenvalue weighted by Crippen LogP contribution is -2.31. The highest BCUT2D eigenvalue weighted by Gasteiger charge is 2.13. The first-order chi connectivity index (χ1) is 8.47. The average molecular weight is 271 g/mol. The van der Waals surface area contributed by atoms with Crippen molar-refractivity contribution in [2.24, 2.45) is 5.73 Å². The average Bonchev–Trinajstić information content (AvgIpc) is 2.35. The molecule has 0 aromatic heterocycles. The van der Waals surface area contributed by atoms with E-state index in [0.717, 1.165) is 6.54 Å². The van der Waals surface area contributed by atoms with Gasteiger partial charge in [-0.1, -0.05) is 6.92 Å². The number of hydrogen-bond acceptors (Lipinski definition) is 4. The minimum Gasteiger partial charge on any atom is -0.366 e. The lowest BCUT2D eigenvalue weighted by atomic mass is 10.2. The summed E-state index contributed by atoms with van der Waals surface area (Å²) in [4.78, 5) is 11.0. The maximum absolute atomic E-state index is 11.8. The molecule has 0 heterocycles. The molecule has 7 heteroatoms. The molecule has 0 saturated carbocycles. The van der Waals surface area contributed by atoms with Gasteiger partial charge < -0.3 is 11.1 Å². The number of likely N-dealkylation sites (N-methyl/N-ethyl adjacent to an activating group) is 1. The molecule has 6 nitrogen and oxygen atoms in total. The van der Waals surface area contributed by atoms with E-state index < -0.39 is 15.9 Å². The second kappa shape index (κ2) is 6.48. The highest BCUT2D eigenvalue weighted by Crippen LogP contribution is 2.09. The fourth-order valence-electron chi connectivity index (χ4n) is 1.33. The molecular formula is C11H17N3O3S. The summed E-state index contributed by atoms with van der Waals surface area (Å²) >= 11 is 0. The Hall–Kier alpha value is -1.44. The standard InChI is InChI=1S/C11H17N3O3S/c1-2-13-7-8-14-18(16,17)10-5-3-9(4-6-10)11(12)15/h3-6,13-14H,2,7-8H2,1H3,(H2,12,15). The molecule has 1 aromatic rings. The van der Waals surface area contributed by atoms with Crippen LogP contribution in [0.5, 0.6) is 0 Å². The lowest BCUT2D eigenvalue weighted by molar-refractivity contribution is 0.1000. The van der Waals surface area contributed by atoms with Crippen molar-refractivity contribution in [2.75, 3.05) is 19.6 Å². The Labute approximate surface area is 107 Å². The van der Waals surface area contributed by atoms with Crippen LogP contribution < -0.4 is 15.8 Å². The van der Waals surface area contributed by atoms with E-state index in [9.17, 15) is 13.2 Å². The summed E-state index contributed by atoms with van der Waals surface area (Å²) < 4.78 is 26.1. The number of carbonyl (C=O) groups is 1. The Kier molecular flexibility index (Phi) is 5.26. The van der Waals surface area contributed by atoms with E-state index in [1.165, 1.54) is 24.3 Å². The maximum atomic E-state index is 11.8. The number of amides is 1. The molecule has 0 aliphatic heterocycles. The predicted octanol–water partition coefficient (Wildman–Crippen LogP) is -0.327. The molecule has 18 heavy (non-hydrogen) atoms. The van der Waals surface area contributed by atoms with Crippen molar-refractivity contribution in [2.45, 2.75) is 11.8 Å². The fourth-order valence-corrected chi connectivity index (χ4v) is 2.36. The molecule has 1 rings (SSSR count). The molecular weight excluding hydrogens is 254 g/mol. The van der Waals surface area contributed by atoms with Crippen LogP contribution in [0.15, 0.2) is 29.2 Å². The number of nitrogens with two attached hydrogens (primary N) is 1. The zero-order chi connectivity index (χ0) is 13.6. The Morgan fingerprint density at radius 3 is 2.33 bits per heavy atom. The third-order valence-electron chi connectivity index (χ3n) is 2.29. The molecule has 0 spiro atoms. The van der Waals surface area contributed by atoms with Crippen LogP contribution >= 0.6 is 0 Å². The minimum atomic E-state index is -3.53. The van der Waals surface area contributed by atoms with E-state index >= 15 is 0 Å². The molecule has 100 valence electrons. The molecule has 4 N–H and O–H groups in total. The van der Waals surface area contributed by atoms with Gasteiger partial charge in [0.05, 0.1) is 4.90 Å². The van der Waals surface area contributed by atoms with Crippen molar-refractivity contribution in [1.29, 1.82) is 0 Å². The summed E-state index contributed by atoms with van der Waals surface area (Å²) in [5, 5.41) is 3.01. The van der Waals surface area contributed by atoms with Gasteiger partial charge >= 0.3 is 0 Å². The summed E-state index contributed by atoms with van der Waals surface area (Å²) in [6.45, 7) is 3.61. The van der Waals surface area contributed by atoms with Crippen molar-refractivity contribution in [3.63, 3.8) is 0 Å². The third-order valence-corrected chi connectivity index (χ3v) is 3.77. The molecule has 0 atom stereocenters. The molecule has 1 aromatic carbocycles. The number of primary amides is 1. The first-order valence-electron chi connectivity index (χ1n) is 5.57. The van der Waals surface area contributed by atoms with Gasteiger partial charge in [0.25, 0.3) is 0 Å². The van der Waals surface area contributed by atoms with Crippen LogP contribution in [0.1, 0.15) is 17.3 Å². The van der Waals surface area contributed by atoms with E-state index in [1.807, 2.05) is 6.92 Å². The smallest absolute Gasteiger partial charge is 0.248 e. The number of carbonyl (C=O) groups excluding carboxylic acids is 1. The summed E-state index contributed by atoms with van der Waals surface area (Å²) in [5.74, 6) is -0.584. The molecule has 0 unspecified atom stereocenters. The number of rotatable bonds is 7. The summed E-state index contributed by atoms with van der Waals surface area (Å²) in [5.41, 5.74) is 5.35. The van der Waals surface area contributed by atoms with Crippen LogP contribution in [0.25, 0.3) is 0 Å². The summed E-state index contributed by atoms with van der Waals surface area (Å²) in [7, 11) is -3.53. The Morgan fingerprint density at radius 2 is 1.83 bits per heavy atom. The quantitative estimate of drug-likeness (QED) is 0.591. The van der Waals surface area contributed by atoms with Crippen molar-refractivity contribution >= 4 is 15.9 Å². The Morgan fingerprint density at radius 1 is 1.22 bits per heavy atom. The normalized spacial score (nSPS) is 11.4. The molecule has 0 aliphatic rings. The largest absolute Gasteiger partial charge is 0.366 e.